The van der Waals surface area contributed by atoms with Gasteiger partial charge in [-0.2, -0.15) is 9.97 Å². The van der Waals surface area contributed by atoms with E-state index >= 15 is 0 Å². The highest BCUT2D eigenvalue weighted by Gasteiger charge is 2.45. The molecule has 24 nitrogen and oxygen atoms in total. The van der Waals surface area contributed by atoms with Crippen LogP contribution in [0.1, 0.15) is 12.5 Å². The van der Waals surface area contributed by atoms with Crippen molar-refractivity contribution in [1.29, 1.82) is 0 Å². The van der Waals surface area contributed by atoms with Gasteiger partial charge in [-0.1, -0.05) is 0 Å². The third-order valence-corrected chi connectivity index (χ3v) is 6.48. The number of H-pyrrole nitrogens is 2. The molecule has 0 bridgehead atoms. The summed E-state index contributed by atoms with van der Waals surface area (Å²) in [6, 6.07) is 0. The maximum absolute atomic E-state index is 11.7. The van der Waals surface area contributed by atoms with Gasteiger partial charge in [0.1, 0.15) is 36.6 Å². The third kappa shape index (κ3) is 6.36. The monoisotopic (exact) mass is 638 g/mol. The fraction of sp³-hybridized carbons (Fsp3) is 0.500. The zero-order valence-corrected chi connectivity index (χ0v) is 22.3. The number of rotatable bonds is 4. The average Bonchev–Trinajstić information content (AvgIpc) is 3.66. The number of aromatic nitrogens is 8. The first-order valence-electron chi connectivity index (χ1n) is 11.7. The lowest BCUT2D eigenvalue weighted by molar-refractivity contribution is -0.0511. The number of nitrogens with one attached hydrogen (secondary N) is 2. The molecule has 6 heterocycles. The number of nitrogens with zero attached hydrogens (tertiary/aromatic N) is 6. The number of ether oxygens (including phenoxy) is 2. The number of aliphatic hydroxyl groups is 6. The van der Waals surface area contributed by atoms with Crippen molar-refractivity contribution in [3.63, 3.8) is 0 Å². The van der Waals surface area contributed by atoms with Crippen LogP contribution in [0.2, 0.25) is 0 Å². The van der Waals surface area contributed by atoms with Crippen molar-refractivity contribution < 1.29 is 62.0 Å². The van der Waals surface area contributed by atoms with Crippen molar-refractivity contribution in [2.24, 2.45) is 0 Å². The highest BCUT2D eigenvalue weighted by Crippen LogP contribution is 2.32. The summed E-state index contributed by atoms with van der Waals surface area (Å²) in [4.78, 5) is 43.5. The summed E-state index contributed by atoms with van der Waals surface area (Å²) in [6.07, 6.45) is -6.43. The predicted octanol–water partition coefficient (Wildman–Crippen LogP) is -8.67. The van der Waals surface area contributed by atoms with E-state index in [1.165, 1.54) is 21.8 Å². The zero-order chi connectivity index (χ0) is 28.9. The average molecular weight is 639 g/mol. The lowest BCUT2D eigenvalue weighted by Crippen LogP contribution is -2.33. The fourth-order valence-electron chi connectivity index (χ4n) is 4.48. The van der Waals surface area contributed by atoms with Gasteiger partial charge in [0.25, 0.3) is 11.1 Å². The van der Waals surface area contributed by atoms with Crippen molar-refractivity contribution in [3.05, 3.63) is 33.4 Å². The molecule has 20 N–H and O–H groups in total. The van der Waals surface area contributed by atoms with Crippen LogP contribution in [0.4, 0.5) is 11.9 Å². The number of fused-ring (bicyclic) bond motifs is 2. The van der Waals surface area contributed by atoms with Gasteiger partial charge in [0, 0.05) is 0 Å². The molecule has 2 saturated heterocycles. The molecule has 24 heteroatoms. The molecule has 0 spiro atoms. The number of imidazole rings is 2. The van der Waals surface area contributed by atoms with E-state index in [1.54, 1.807) is 0 Å². The number of aliphatic hydroxyl groups excluding tert-OH is 6. The second-order valence-electron chi connectivity index (χ2n) is 9.01. The van der Waals surface area contributed by atoms with Crippen LogP contribution < -0.4 is 22.6 Å². The standard InChI is InChI=1S/2C10H13N5O5.4H2O/c2*11-10-13-7-4(8(19)14-10)12-2-15(7)9-6(18)5(17)3(1-16)20-9;;;;/h2*2-3,5-6,9,16-18H,1H2,(H3,11,13,14,19);4*1H2/t2*3-,5-,6-,9-;;;;/m11..../s1. The van der Waals surface area contributed by atoms with E-state index in [1.807, 2.05) is 0 Å². The van der Waals surface area contributed by atoms with Gasteiger partial charge in [0.15, 0.2) is 34.8 Å². The Labute approximate surface area is 243 Å². The van der Waals surface area contributed by atoms with Crippen molar-refractivity contribution >= 4 is 34.2 Å². The third-order valence-electron chi connectivity index (χ3n) is 6.48. The normalized spacial score (nSPS) is 27.4. The molecule has 0 amide bonds. The van der Waals surface area contributed by atoms with Crippen molar-refractivity contribution in [1.82, 2.24) is 39.0 Å². The molecule has 2 fully saturated rings. The first kappa shape index (κ1) is 37.8. The molecule has 44 heavy (non-hydrogen) atoms. The second-order valence-corrected chi connectivity index (χ2v) is 9.01. The van der Waals surface area contributed by atoms with Gasteiger partial charge >= 0.3 is 0 Å². The summed E-state index contributed by atoms with van der Waals surface area (Å²) in [5.41, 5.74) is 10.2. The summed E-state index contributed by atoms with van der Waals surface area (Å²) in [7, 11) is 0. The molecule has 0 radical (unpaired) electrons. The number of nitrogens with two attached hydrogens (primary N) is 2. The van der Waals surface area contributed by atoms with Crippen LogP contribution in [0.3, 0.4) is 0 Å². The largest absolute Gasteiger partial charge is 0.412 e. The first-order chi connectivity index (χ1) is 19.0. The summed E-state index contributed by atoms with van der Waals surface area (Å²) >= 11 is 0. The lowest BCUT2D eigenvalue weighted by Gasteiger charge is -2.16. The molecular weight excluding hydrogens is 604 g/mol. The molecule has 0 aliphatic carbocycles. The van der Waals surface area contributed by atoms with Crippen LogP contribution in [0.5, 0.6) is 0 Å². The minimum Gasteiger partial charge on any atom is -0.412 e. The number of anilines is 2. The Balaban J connectivity index is 0.000000403. The number of aromatic amines is 2. The van der Waals surface area contributed by atoms with Crippen LogP contribution in [0, 0.1) is 0 Å². The minimum absolute atomic E-state index is 0. The predicted molar refractivity (Wildman–Crippen MR) is 146 cm³/mol. The van der Waals surface area contributed by atoms with Gasteiger partial charge in [0.2, 0.25) is 11.9 Å². The highest BCUT2D eigenvalue weighted by molar-refractivity contribution is 5.71. The van der Waals surface area contributed by atoms with Gasteiger partial charge in [-0.15, -0.1) is 0 Å². The van der Waals surface area contributed by atoms with E-state index in [9.17, 15) is 30.0 Å². The summed E-state index contributed by atoms with van der Waals surface area (Å²) in [5.74, 6) is -0.202. The smallest absolute Gasteiger partial charge is 0.280 e. The number of hydrogen-bond acceptors (Lipinski definition) is 16. The Morgan fingerprint density at radius 2 is 1.02 bits per heavy atom. The maximum Gasteiger partial charge on any atom is 0.280 e. The van der Waals surface area contributed by atoms with Gasteiger partial charge < -0.3 is 73.5 Å². The summed E-state index contributed by atoms with van der Waals surface area (Å²) in [6.45, 7) is -0.894. The Morgan fingerprint density at radius 3 is 1.32 bits per heavy atom. The Bertz CT molecular complexity index is 1520. The van der Waals surface area contributed by atoms with Gasteiger partial charge in [-0.05, 0) is 0 Å². The van der Waals surface area contributed by atoms with Crippen molar-refractivity contribution in [2.45, 2.75) is 49.1 Å². The molecule has 0 unspecified atom stereocenters. The molecule has 2 aliphatic rings. The minimum atomic E-state index is -1.29. The van der Waals surface area contributed by atoms with Crippen LogP contribution in [-0.2, 0) is 9.47 Å². The number of nitrogen functional groups attached to an aromatic ring is 2. The lowest BCUT2D eigenvalue weighted by atomic mass is 10.1. The first-order valence-corrected chi connectivity index (χ1v) is 11.7. The van der Waals surface area contributed by atoms with E-state index in [2.05, 4.69) is 29.9 Å². The van der Waals surface area contributed by atoms with E-state index in [0.29, 0.717) is 0 Å². The van der Waals surface area contributed by atoms with Crippen LogP contribution >= 0.6 is 0 Å². The molecule has 8 atom stereocenters. The van der Waals surface area contributed by atoms with Gasteiger partial charge in [0.05, 0.1) is 25.9 Å². The summed E-state index contributed by atoms with van der Waals surface area (Å²) in [5, 5.41) is 57.5. The molecule has 2 aliphatic heterocycles. The molecule has 4 aromatic rings. The highest BCUT2D eigenvalue weighted by atomic mass is 16.6. The Morgan fingerprint density at radius 1 is 0.682 bits per heavy atom. The maximum atomic E-state index is 11.7. The van der Waals surface area contributed by atoms with E-state index in [0.717, 1.165) is 0 Å². The van der Waals surface area contributed by atoms with Crippen LogP contribution in [0.15, 0.2) is 22.2 Å². The molecule has 4 aromatic heterocycles. The van der Waals surface area contributed by atoms with Crippen LogP contribution in [0.25, 0.3) is 22.3 Å². The molecule has 0 aromatic carbocycles. The van der Waals surface area contributed by atoms with E-state index in [-0.39, 0.29) is 56.1 Å². The van der Waals surface area contributed by atoms with Crippen LogP contribution in [-0.4, -0.2) is 141 Å². The Kier molecular flexibility index (Phi) is 12.5. The Hall–Kier alpha value is -4.18. The zero-order valence-electron chi connectivity index (χ0n) is 22.3. The quantitative estimate of drug-likeness (QED) is 0.0991. The molecular formula is C20H34N10O14. The SMILES string of the molecule is Nc1nc2c(ncn2[C@@H]2O[C@H](CO)[C@@H](O)[C@H]2O)c(=O)[nH]1.Nc1nc2c(ncn2[C@@H]2O[C@H](CO)[C@@H](O)[C@H]2O)c(=O)[nH]1.O.O.O.O. The second kappa shape index (κ2) is 14.5. The topological polar surface area (TPSA) is 445 Å². The van der Waals surface area contributed by atoms with E-state index < -0.39 is 73.4 Å². The fourth-order valence-corrected chi connectivity index (χ4v) is 4.48. The summed E-state index contributed by atoms with van der Waals surface area (Å²) < 4.78 is 13.3. The van der Waals surface area contributed by atoms with E-state index in [4.69, 9.17) is 31.2 Å². The molecule has 6 rings (SSSR count). The molecule has 0 saturated carbocycles. The molecule has 248 valence electrons. The van der Waals surface area contributed by atoms with Gasteiger partial charge in [-0.25, -0.2) is 9.97 Å². The van der Waals surface area contributed by atoms with Crippen molar-refractivity contribution in [3.8, 4) is 0 Å². The van der Waals surface area contributed by atoms with Gasteiger partial charge in [-0.3, -0.25) is 28.7 Å². The number of hydrogen-bond donors (Lipinski definition) is 10. The van der Waals surface area contributed by atoms with Crippen molar-refractivity contribution in [2.75, 3.05) is 24.7 Å².